The molecule has 30 heavy (non-hydrogen) atoms. The van der Waals surface area contributed by atoms with Crippen LogP contribution < -0.4 is 16.0 Å². The molecule has 9 heteroatoms. The van der Waals surface area contributed by atoms with Gasteiger partial charge in [0.25, 0.3) is 5.56 Å². The van der Waals surface area contributed by atoms with Gasteiger partial charge in [-0.3, -0.25) is 9.48 Å². The van der Waals surface area contributed by atoms with E-state index in [2.05, 4.69) is 21.4 Å². The maximum atomic E-state index is 12.1. The predicted molar refractivity (Wildman–Crippen MR) is 114 cm³/mol. The van der Waals surface area contributed by atoms with Gasteiger partial charge in [-0.25, -0.2) is 5.10 Å². The minimum absolute atomic E-state index is 0.181. The summed E-state index contributed by atoms with van der Waals surface area (Å²) in [6.07, 6.45) is 1.70. The third-order valence-corrected chi connectivity index (χ3v) is 5.18. The van der Waals surface area contributed by atoms with Gasteiger partial charge in [-0.05, 0) is 23.8 Å². The summed E-state index contributed by atoms with van der Waals surface area (Å²) in [6, 6.07) is 10.9. The molecule has 2 heterocycles. The number of benzene rings is 2. The molecule has 0 aliphatic rings. The molecule has 3 N–H and O–H groups in total. The summed E-state index contributed by atoms with van der Waals surface area (Å²) in [4.78, 5) is 12.1. The number of halogens is 1. The second-order valence-electron chi connectivity index (χ2n) is 6.64. The van der Waals surface area contributed by atoms with Crippen LogP contribution >= 0.6 is 11.6 Å². The van der Waals surface area contributed by atoms with Crippen LogP contribution in [0.5, 0.6) is 5.75 Å². The molecule has 0 amide bonds. The SMILES string of the molecule is COc1cc(Cl)cc(-c2c(-c3ccc4c(=O)[nH]nc(CN)c4c3)cnn2C)c1C#N. The zero-order chi connectivity index (χ0) is 21.4. The summed E-state index contributed by atoms with van der Waals surface area (Å²) >= 11 is 6.28. The van der Waals surface area contributed by atoms with Crippen molar-refractivity contribution in [2.24, 2.45) is 12.8 Å². The molecule has 0 radical (unpaired) electrons. The molecule has 4 aromatic rings. The van der Waals surface area contributed by atoms with Gasteiger partial charge in [0.1, 0.15) is 17.4 Å². The average molecular weight is 421 g/mol. The largest absolute Gasteiger partial charge is 0.495 e. The number of aromatic amines is 1. The molecule has 4 rings (SSSR count). The molecule has 0 unspecified atom stereocenters. The van der Waals surface area contributed by atoms with Crippen molar-refractivity contribution < 1.29 is 4.74 Å². The summed E-state index contributed by atoms with van der Waals surface area (Å²) in [7, 11) is 3.27. The summed E-state index contributed by atoms with van der Waals surface area (Å²) in [5.41, 5.74) is 9.31. The number of methoxy groups -OCH3 is 1. The number of aromatic nitrogens is 4. The maximum Gasteiger partial charge on any atom is 0.272 e. The van der Waals surface area contributed by atoms with E-state index in [1.165, 1.54) is 7.11 Å². The first kappa shape index (κ1) is 19.6. The fraction of sp³-hybridized carbons (Fsp3) is 0.143. The monoisotopic (exact) mass is 420 g/mol. The normalized spacial score (nSPS) is 10.9. The topological polar surface area (TPSA) is 123 Å². The molecule has 0 saturated heterocycles. The van der Waals surface area contributed by atoms with Crippen molar-refractivity contribution in [3.63, 3.8) is 0 Å². The number of nitrogens with zero attached hydrogens (tertiary/aromatic N) is 4. The lowest BCUT2D eigenvalue weighted by Gasteiger charge is -2.13. The van der Waals surface area contributed by atoms with Crippen LogP contribution in [0, 0.1) is 11.3 Å². The van der Waals surface area contributed by atoms with Gasteiger partial charge in [0, 0.05) is 41.2 Å². The average Bonchev–Trinajstić information content (AvgIpc) is 3.14. The molecule has 150 valence electrons. The van der Waals surface area contributed by atoms with Crippen LogP contribution in [0.3, 0.4) is 0 Å². The summed E-state index contributed by atoms with van der Waals surface area (Å²) in [6.45, 7) is 0.181. The molecule has 2 aromatic heterocycles. The standard InChI is InChI=1S/C21H17ClN6O2/c1-28-20(15-6-12(22)7-19(30-2)16(15)8-23)17(10-25-28)11-3-4-13-14(5-11)18(9-24)26-27-21(13)29/h3-7,10H,9,24H2,1-2H3,(H,27,29). The fourth-order valence-corrected chi connectivity index (χ4v) is 3.76. The number of H-pyrrole nitrogens is 1. The maximum absolute atomic E-state index is 12.1. The van der Waals surface area contributed by atoms with Gasteiger partial charge in [0.2, 0.25) is 0 Å². The van der Waals surface area contributed by atoms with Crippen molar-refractivity contribution in [1.29, 1.82) is 5.26 Å². The lowest BCUT2D eigenvalue weighted by molar-refractivity contribution is 0.413. The third-order valence-electron chi connectivity index (χ3n) is 4.96. The first-order valence-corrected chi connectivity index (χ1v) is 9.38. The molecule has 0 saturated carbocycles. The molecule has 8 nitrogen and oxygen atoms in total. The smallest absolute Gasteiger partial charge is 0.272 e. The molecule has 0 spiro atoms. The Hall–Kier alpha value is -3.67. The lowest BCUT2D eigenvalue weighted by atomic mass is 9.96. The van der Waals surface area contributed by atoms with Crippen molar-refractivity contribution in [1.82, 2.24) is 20.0 Å². The first-order chi connectivity index (χ1) is 14.5. The summed E-state index contributed by atoms with van der Waals surface area (Å²) < 4.78 is 7.02. The number of hydrogen-bond donors (Lipinski definition) is 2. The Bertz CT molecular complexity index is 1380. The van der Waals surface area contributed by atoms with Gasteiger partial charge in [-0.1, -0.05) is 17.7 Å². The Morgan fingerprint density at radius 3 is 2.77 bits per heavy atom. The van der Waals surface area contributed by atoms with Crippen LogP contribution in [0.2, 0.25) is 5.02 Å². The number of hydrogen-bond acceptors (Lipinski definition) is 6. The Kier molecular flexibility index (Phi) is 4.99. The van der Waals surface area contributed by atoms with E-state index in [9.17, 15) is 10.1 Å². The van der Waals surface area contributed by atoms with Crippen molar-refractivity contribution in [2.75, 3.05) is 7.11 Å². The molecule has 0 aliphatic heterocycles. The minimum atomic E-state index is -0.286. The Labute approximate surface area is 176 Å². The van der Waals surface area contributed by atoms with E-state index in [1.54, 1.807) is 36.1 Å². The molecule has 0 atom stereocenters. The summed E-state index contributed by atoms with van der Waals surface area (Å²) in [5.74, 6) is 0.381. The number of ether oxygens (including phenoxy) is 1. The van der Waals surface area contributed by atoms with E-state index in [4.69, 9.17) is 22.1 Å². The molecular weight excluding hydrogens is 404 g/mol. The first-order valence-electron chi connectivity index (χ1n) is 9.00. The number of nitriles is 1. The van der Waals surface area contributed by atoms with Crippen LogP contribution in [0.15, 0.2) is 41.3 Å². The van der Waals surface area contributed by atoms with E-state index in [0.29, 0.717) is 44.1 Å². The number of nitrogens with two attached hydrogens (primary N) is 1. The quantitative estimate of drug-likeness (QED) is 0.523. The number of rotatable bonds is 4. The molecule has 0 aliphatic carbocycles. The highest BCUT2D eigenvalue weighted by Crippen LogP contribution is 2.39. The Morgan fingerprint density at radius 1 is 1.27 bits per heavy atom. The van der Waals surface area contributed by atoms with Gasteiger partial charge in [0.15, 0.2) is 0 Å². The fourth-order valence-electron chi connectivity index (χ4n) is 3.56. The second kappa shape index (κ2) is 7.63. The third kappa shape index (κ3) is 3.10. The van der Waals surface area contributed by atoms with E-state index < -0.39 is 0 Å². The molecule has 0 bridgehead atoms. The Morgan fingerprint density at radius 2 is 2.07 bits per heavy atom. The van der Waals surface area contributed by atoms with Crippen molar-refractivity contribution in [2.45, 2.75) is 6.54 Å². The highest BCUT2D eigenvalue weighted by atomic mass is 35.5. The van der Waals surface area contributed by atoms with Crippen LogP contribution in [0.1, 0.15) is 11.3 Å². The van der Waals surface area contributed by atoms with E-state index in [0.717, 1.165) is 11.1 Å². The second-order valence-corrected chi connectivity index (χ2v) is 7.07. The number of fused-ring (bicyclic) bond motifs is 1. The highest BCUT2D eigenvalue weighted by Gasteiger charge is 2.20. The highest BCUT2D eigenvalue weighted by molar-refractivity contribution is 6.31. The van der Waals surface area contributed by atoms with E-state index in [1.807, 2.05) is 12.1 Å². The minimum Gasteiger partial charge on any atom is -0.495 e. The molecule has 0 fully saturated rings. The number of nitrogens with one attached hydrogen (secondary N) is 1. The number of aryl methyl sites for hydroxylation is 1. The van der Waals surface area contributed by atoms with Crippen LogP contribution in [-0.4, -0.2) is 27.1 Å². The zero-order valence-corrected chi connectivity index (χ0v) is 17.0. The summed E-state index contributed by atoms with van der Waals surface area (Å²) in [5, 5.41) is 22.2. The van der Waals surface area contributed by atoms with E-state index >= 15 is 0 Å². The molecule has 2 aromatic carbocycles. The molecular formula is C21H17ClN6O2. The van der Waals surface area contributed by atoms with Crippen molar-refractivity contribution in [3.8, 4) is 34.2 Å². The van der Waals surface area contributed by atoms with Gasteiger partial charge in [0.05, 0.1) is 30.1 Å². The van der Waals surface area contributed by atoms with Crippen LogP contribution in [-0.2, 0) is 13.6 Å². The van der Waals surface area contributed by atoms with E-state index in [-0.39, 0.29) is 12.1 Å². The van der Waals surface area contributed by atoms with Crippen molar-refractivity contribution in [3.05, 3.63) is 63.2 Å². The van der Waals surface area contributed by atoms with Gasteiger partial charge >= 0.3 is 0 Å². The van der Waals surface area contributed by atoms with Crippen LogP contribution in [0.25, 0.3) is 33.2 Å². The predicted octanol–water partition coefficient (Wildman–Crippen LogP) is 2.98. The van der Waals surface area contributed by atoms with Gasteiger partial charge in [-0.15, -0.1) is 0 Å². The van der Waals surface area contributed by atoms with Crippen LogP contribution in [0.4, 0.5) is 0 Å². The lowest BCUT2D eigenvalue weighted by Crippen LogP contribution is -2.13. The Balaban J connectivity index is 2.01. The van der Waals surface area contributed by atoms with Gasteiger partial charge < -0.3 is 10.5 Å². The zero-order valence-electron chi connectivity index (χ0n) is 16.2. The van der Waals surface area contributed by atoms with Gasteiger partial charge in [-0.2, -0.15) is 15.5 Å². The van der Waals surface area contributed by atoms with Crippen molar-refractivity contribution >= 4 is 22.4 Å².